The highest BCUT2D eigenvalue weighted by atomic mass is 79.9. The number of nitrogens with one attached hydrogen (secondary N) is 1. The van der Waals surface area contributed by atoms with Gasteiger partial charge >= 0.3 is 0 Å². The molecule has 2 aromatic rings. The summed E-state index contributed by atoms with van der Waals surface area (Å²) in [6.07, 6.45) is 4.97. The van der Waals surface area contributed by atoms with Crippen LogP contribution in [-0.4, -0.2) is 9.97 Å². The van der Waals surface area contributed by atoms with Gasteiger partial charge in [-0.1, -0.05) is 22.0 Å². The van der Waals surface area contributed by atoms with E-state index in [1.165, 1.54) is 6.33 Å². The zero-order valence-corrected chi connectivity index (χ0v) is 8.90. The van der Waals surface area contributed by atoms with Crippen LogP contribution in [0.25, 0.3) is 0 Å². The Labute approximate surface area is 90.3 Å². The Morgan fingerprint density at radius 1 is 1.07 bits per heavy atom. The second kappa shape index (κ2) is 4.19. The lowest BCUT2D eigenvalue weighted by molar-refractivity contribution is 1.17. The van der Waals surface area contributed by atoms with Crippen LogP contribution in [0.1, 0.15) is 0 Å². The number of hydrogen-bond donors (Lipinski definition) is 1. The van der Waals surface area contributed by atoms with Crippen LogP contribution in [0, 0.1) is 0 Å². The monoisotopic (exact) mass is 249 g/mol. The molecule has 0 spiro atoms. The summed E-state index contributed by atoms with van der Waals surface area (Å²) < 4.78 is 1.04. The Hall–Kier alpha value is -1.42. The first kappa shape index (κ1) is 9.15. The molecular weight excluding hydrogens is 242 g/mol. The fraction of sp³-hybridized carbons (Fsp3) is 0. The summed E-state index contributed by atoms with van der Waals surface area (Å²) in [5.41, 5.74) is 1.89. The lowest BCUT2D eigenvalue weighted by atomic mass is 10.3. The maximum absolute atomic E-state index is 3.92. The first-order chi connectivity index (χ1) is 6.84. The Kier molecular flexibility index (Phi) is 2.74. The third-order valence-corrected chi connectivity index (χ3v) is 2.17. The number of rotatable bonds is 2. The number of nitrogens with zero attached hydrogens (tertiary/aromatic N) is 2. The van der Waals surface area contributed by atoms with Gasteiger partial charge in [-0.3, -0.25) is 0 Å². The summed E-state index contributed by atoms with van der Waals surface area (Å²) in [7, 11) is 0. The minimum atomic E-state index is 0.880. The van der Waals surface area contributed by atoms with Crippen LogP contribution in [0.3, 0.4) is 0 Å². The highest BCUT2D eigenvalue weighted by Crippen LogP contribution is 2.18. The quantitative estimate of drug-likeness (QED) is 0.890. The average molecular weight is 250 g/mol. The Balaban J connectivity index is 2.19. The van der Waals surface area contributed by atoms with Gasteiger partial charge in [0.15, 0.2) is 0 Å². The summed E-state index contributed by atoms with van der Waals surface area (Å²) in [6.45, 7) is 0. The molecule has 0 unspecified atom stereocenters. The molecule has 0 bridgehead atoms. The van der Waals surface area contributed by atoms with E-state index < -0.39 is 0 Å². The third-order valence-electron chi connectivity index (χ3n) is 1.67. The molecule has 0 amide bonds. The maximum atomic E-state index is 3.92. The van der Waals surface area contributed by atoms with Crippen LogP contribution in [0.5, 0.6) is 0 Å². The molecule has 1 aromatic heterocycles. The number of aromatic nitrogens is 2. The molecule has 1 N–H and O–H groups in total. The fourth-order valence-electron chi connectivity index (χ4n) is 1.10. The van der Waals surface area contributed by atoms with E-state index in [0.29, 0.717) is 0 Å². The zero-order chi connectivity index (χ0) is 9.80. The summed E-state index contributed by atoms with van der Waals surface area (Å²) >= 11 is 3.40. The van der Waals surface area contributed by atoms with E-state index in [1.54, 1.807) is 12.4 Å². The van der Waals surface area contributed by atoms with Crippen molar-refractivity contribution in [3.8, 4) is 0 Å². The van der Waals surface area contributed by atoms with E-state index >= 15 is 0 Å². The van der Waals surface area contributed by atoms with Crippen molar-refractivity contribution in [3.63, 3.8) is 0 Å². The van der Waals surface area contributed by atoms with E-state index in [2.05, 4.69) is 31.2 Å². The Morgan fingerprint density at radius 2 is 1.86 bits per heavy atom. The van der Waals surface area contributed by atoms with Crippen molar-refractivity contribution in [3.05, 3.63) is 47.5 Å². The second-order valence-electron chi connectivity index (χ2n) is 2.76. The van der Waals surface area contributed by atoms with Crippen LogP contribution in [0.15, 0.2) is 47.5 Å². The van der Waals surface area contributed by atoms with Gasteiger partial charge in [-0.25, -0.2) is 9.97 Å². The molecule has 4 heteroatoms. The van der Waals surface area contributed by atoms with Crippen molar-refractivity contribution < 1.29 is 0 Å². The van der Waals surface area contributed by atoms with Crippen molar-refractivity contribution in [2.45, 2.75) is 0 Å². The molecule has 1 aromatic carbocycles. The van der Waals surface area contributed by atoms with Gasteiger partial charge in [0.05, 0.1) is 18.1 Å². The maximum Gasteiger partial charge on any atom is 0.115 e. The minimum absolute atomic E-state index is 0.880. The topological polar surface area (TPSA) is 37.8 Å². The van der Waals surface area contributed by atoms with Gasteiger partial charge in [0.1, 0.15) is 6.33 Å². The van der Waals surface area contributed by atoms with Crippen molar-refractivity contribution in [2.75, 3.05) is 5.32 Å². The normalized spacial score (nSPS) is 9.79. The van der Waals surface area contributed by atoms with Crippen molar-refractivity contribution >= 4 is 27.3 Å². The highest BCUT2D eigenvalue weighted by Gasteiger charge is 1.94. The van der Waals surface area contributed by atoms with Crippen LogP contribution in [0.4, 0.5) is 11.4 Å². The molecular formula is C10H8BrN3. The van der Waals surface area contributed by atoms with Gasteiger partial charge in [0.25, 0.3) is 0 Å². The predicted octanol–water partition coefficient (Wildman–Crippen LogP) is 2.98. The van der Waals surface area contributed by atoms with Crippen LogP contribution < -0.4 is 5.32 Å². The van der Waals surface area contributed by atoms with Crippen LogP contribution in [0.2, 0.25) is 0 Å². The second-order valence-corrected chi connectivity index (χ2v) is 3.68. The van der Waals surface area contributed by atoms with Crippen LogP contribution in [-0.2, 0) is 0 Å². The predicted molar refractivity (Wildman–Crippen MR) is 59.5 cm³/mol. The minimum Gasteiger partial charge on any atom is -0.353 e. The van der Waals surface area contributed by atoms with Gasteiger partial charge in [-0.05, 0) is 18.2 Å². The SMILES string of the molecule is Brc1cccc(Nc2cncnc2)c1. The first-order valence-corrected chi connectivity index (χ1v) is 4.91. The van der Waals surface area contributed by atoms with Crippen molar-refractivity contribution in [1.29, 1.82) is 0 Å². The molecule has 1 heterocycles. The van der Waals surface area contributed by atoms with E-state index in [-0.39, 0.29) is 0 Å². The molecule has 0 fully saturated rings. The molecule has 3 nitrogen and oxygen atoms in total. The molecule has 70 valence electrons. The standard InChI is InChI=1S/C10H8BrN3/c11-8-2-1-3-9(4-8)14-10-5-12-7-13-6-10/h1-7,14H. The average Bonchev–Trinajstić information content (AvgIpc) is 2.19. The molecule has 2 rings (SSSR count). The lowest BCUT2D eigenvalue weighted by Gasteiger charge is -2.04. The molecule has 0 aliphatic rings. The third kappa shape index (κ3) is 2.29. The Bertz CT molecular complexity index is 417. The number of benzene rings is 1. The molecule has 14 heavy (non-hydrogen) atoms. The molecule has 0 radical (unpaired) electrons. The number of halogens is 1. The van der Waals surface area contributed by atoms with Crippen LogP contribution >= 0.6 is 15.9 Å². The molecule has 0 saturated carbocycles. The highest BCUT2D eigenvalue weighted by molar-refractivity contribution is 9.10. The van der Waals surface area contributed by atoms with Crippen molar-refractivity contribution in [2.24, 2.45) is 0 Å². The molecule has 0 atom stereocenters. The Morgan fingerprint density at radius 3 is 2.57 bits per heavy atom. The molecule has 0 aliphatic heterocycles. The first-order valence-electron chi connectivity index (χ1n) is 4.12. The van der Waals surface area contributed by atoms with Gasteiger partial charge in [-0.2, -0.15) is 0 Å². The number of anilines is 2. The smallest absolute Gasteiger partial charge is 0.115 e. The summed E-state index contributed by atoms with van der Waals surface area (Å²) in [5.74, 6) is 0. The summed E-state index contributed by atoms with van der Waals surface area (Å²) in [4.78, 5) is 7.84. The van der Waals surface area contributed by atoms with Gasteiger partial charge in [0, 0.05) is 10.2 Å². The van der Waals surface area contributed by atoms with Gasteiger partial charge < -0.3 is 5.32 Å². The van der Waals surface area contributed by atoms with E-state index in [4.69, 9.17) is 0 Å². The van der Waals surface area contributed by atoms with Crippen molar-refractivity contribution in [1.82, 2.24) is 9.97 Å². The van der Waals surface area contributed by atoms with Gasteiger partial charge in [-0.15, -0.1) is 0 Å². The van der Waals surface area contributed by atoms with E-state index in [9.17, 15) is 0 Å². The summed E-state index contributed by atoms with van der Waals surface area (Å²) in [5, 5.41) is 3.19. The van der Waals surface area contributed by atoms with E-state index in [1.807, 2.05) is 24.3 Å². The summed E-state index contributed by atoms with van der Waals surface area (Å²) in [6, 6.07) is 7.92. The lowest BCUT2D eigenvalue weighted by Crippen LogP contribution is -1.91. The van der Waals surface area contributed by atoms with E-state index in [0.717, 1.165) is 15.8 Å². The fourth-order valence-corrected chi connectivity index (χ4v) is 1.50. The number of hydrogen-bond acceptors (Lipinski definition) is 3. The molecule has 0 saturated heterocycles. The zero-order valence-electron chi connectivity index (χ0n) is 7.31. The molecule has 0 aliphatic carbocycles. The van der Waals surface area contributed by atoms with Gasteiger partial charge in [0.2, 0.25) is 0 Å². The largest absolute Gasteiger partial charge is 0.353 e.